The number of aromatic nitrogens is 4. The number of nitrogens with zero attached hydrogens (tertiary/aromatic N) is 6. The van der Waals surface area contributed by atoms with E-state index in [1.807, 2.05) is 49.5 Å². The van der Waals surface area contributed by atoms with Crippen molar-refractivity contribution in [2.45, 2.75) is 25.8 Å². The largest absolute Gasteiger partial charge is 0.497 e. The Balaban J connectivity index is 1.60. The highest BCUT2D eigenvalue weighted by Gasteiger charge is 2.31. The zero-order chi connectivity index (χ0) is 23.5. The highest BCUT2D eigenvalue weighted by molar-refractivity contribution is 5.76. The second kappa shape index (κ2) is 9.40. The van der Waals surface area contributed by atoms with Crippen LogP contribution in [0.4, 0.5) is 5.95 Å². The number of benzene rings is 1. The van der Waals surface area contributed by atoms with Gasteiger partial charge in [0.05, 0.1) is 18.5 Å². The molecule has 1 unspecified atom stereocenters. The number of ether oxygens (including phenoxy) is 1. The van der Waals surface area contributed by atoms with Crippen LogP contribution in [0.15, 0.2) is 47.4 Å². The van der Waals surface area contributed by atoms with Crippen LogP contribution >= 0.6 is 0 Å². The lowest BCUT2D eigenvalue weighted by atomic mass is 9.96. The minimum absolute atomic E-state index is 0.0547. The molecule has 1 saturated heterocycles. The van der Waals surface area contributed by atoms with Gasteiger partial charge >= 0.3 is 0 Å². The minimum Gasteiger partial charge on any atom is -0.497 e. The predicted molar refractivity (Wildman–Crippen MR) is 126 cm³/mol. The molecule has 0 spiro atoms. The molecule has 1 fully saturated rings. The van der Waals surface area contributed by atoms with Gasteiger partial charge in [0.1, 0.15) is 12.3 Å². The van der Waals surface area contributed by atoms with Crippen molar-refractivity contribution in [1.82, 2.24) is 24.6 Å². The molecule has 3 aromatic rings. The molecule has 4 rings (SSSR count). The van der Waals surface area contributed by atoms with Crippen molar-refractivity contribution in [2.24, 2.45) is 0 Å². The first kappa shape index (κ1) is 22.4. The van der Waals surface area contributed by atoms with Crippen LogP contribution in [-0.2, 0) is 11.3 Å². The van der Waals surface area contributed by atoms with Gasteiger partial charge in [0.2, 0.25) is 11.9 Å². The first-order chi connectivity index (χ1) is 15.9. The van der Waals surface area contributed by atoms with E-state index in [4.69, 9.17) is 9.72 Å². The van der Waals surface area contributed by atoms with Gasteiger partial charge in [-0.1, -0.05) is 12.1 Å². The first-order valence-corrected chi connectivity index (χ1v) is 10.9. The van der Waals surface area contributed by atoms with Gasteiger partial charge in [0.25, 0.3) is 5.56 Å². The second-order valence-electron chi connectivity index (χ2n) is 8.39. The maximum absolute atomic E-state index is 12.9. The van der Waals surface area contributed by atoms with Crippen molar-refractivity contribution in [1.29, 1.82) is 0 Å². The topological polar surface area (TPSA) is 93.4 Å². The lowest BCUT2D eigenvalue weighted by Gasteiger charge is -2.20. The van der Waals surface area contributed by atoms with E-state index >= 15 is 0 Å². The van der Waals surface area contributed by atoms with E-state index in [9.17, 15) is 9.59 Å². The molecule has 0 bridgehead atoms. The quantitative estimate of drug-likeness (QED) is 0.570. The highest BCUT2D eigenvalue weighted by atomic mass is 16.5. The van der Waals surface area contributed by atoms with E-state index in [2.05, 4.69) is 10.1 Å². The Morgan fingerprint density at radius 2 is 2.06 bits per heavy atom. The number of hydrogen-bond donors (Lipinski definition) is 0. The Morgan fingerprint density at radius 3 is 2.82 bits per heavy atom. The maximum Gasteiger partial charge on any atom is 0.267 e. The molecule has 172 valence electrons. The molecule has 0 radical (unpaired) electrons. The third kappa shape index (κ3) is 4.87. The van der Waals surface area contributed by atoms with E-state index in [1.165, 1.54) is 10.7 Å². The van der Waals surface area contributed by atoms with Crippen molar-refractivity contribution >= 4 is 11.9 Å². The number of carbonyl (C=O) groups is 1. The van der Waals surface area contributed by atoms with E-state index in [0.717, 1.165) is 29.0 Å². The number of rotatable bonds is 6. The SMILES string of the molecule is COc1cccc(-c2cnc(N(C)C)nc2C2CCN(C(=O)Cn3nc(C)ccc3=O)C2)c1. The van der Waals surface area contributed by atoms with Gasteiger partial charge in [-0.05, 0) is 37.1 Å². The fraction of sp³-hybridized carbons (Fsp3) is 0.375. The summed E-state index contributed by atoms with van der Waals surface area (Å²) in [4.78, 5) is 38.0. The molecule has 2 aromatic heterocycles. The highest BCUT2D eigenvalue weighted by Crippen LogP contribution is 2.35. The van der Waals surface area contributed by atoms with E-state index in [1.54, 1.807) is 25.0 Å². The van der Waals surface area contributed by atoms with Gasteiger partial charge in [-0.25, -0.2) is 14.6 Å². The number of hydrogen-bond acceptors (Lipinski definition) is 7. The smallest absolute Gasteiger partial charge is 0.267 e. The molecular formula is C24H28N6O3. The fourth-order valence-electron chi connectivity index (χ4n) is 4.03. The molecular weight excluding hydrogens is 420 g/mol. The summed E-state index contributed by atoms with van der Waals surface area (Å²) >= 11 is 0. The van der Waals surface area contributed by atoms with Crippen LogP contribution < -0.4 is 15.2 Å². The van der Waals surface area contributed by atoms with Gasteiger partial charge in [-0.15, -0.1) is 0 Å². The second-order valence-corrected chi connectivity index (χ2v) is 8.39. The normalized spacial score (nSPS) is 15.5. The van der Waals surface area contributed by atoms with Crippen LogP contribution in [0.2, 0.25) is 0 Å². The van der Waals surface area contributed by atoms with E-state index in [0.29, 0.717) is 24.7 Å². The van der Waals surface area contributed by atoms with Crippen LogP contribution in [0.3, 0.4) is 0 Å². The zero-order valence-electron chi connectivity index (χ0n) is 19.4. The summed E-state index contributed by atoms with van der Waals surface area (Å²) in [7, 11) is 5.45. The monoisotopic (exact) mass is 448 g/mol. The molecule has 1 amide bonds. The predicted octanol–water partition coefficient (Wildman–Crippen LogP) is 2.10. The lowest BCUT2D eigenvalue weighted by Crippen LogP contribution is -2.36. The average molecular weight is 449 g/mol. The minimum atomic E-state index is -0.281. The molecule has 1 aliphatic heterocycles. The number of carbonyl (C=O) groups excluding carboxylic acids is 1. The molecule has 0 N–H and O–H groups in total. The third-order valence-electron chi connectivity index (χ3n) is 5.80. The van der Waals surface area contributed by atoms with Gasteiger partial charge < -0.3 is 14.5 Å². The Labute approximate surface area is 192 Å². The summed E-state index contributed by atoms with van der Waals surface area (Å²) in [5.41, 5.74) is 3.21. The van der Waals surface area contributed by atoms with Crippen LogP contribution in [0, 0.1) is 6.92 Å². The van der Waals surface area contributed by atoms with Crippen molar-refractivity contribution in [3.8, 4) is 16.9 Å². The van der Waals surface area contributed by atoms with Gasteiger partial charge in [-0.2, -0.15) is 5.10 Å². The van der Waals surface area contributed by atoms with Gasteiger partial charge in [-0.3, -0.25) is 9.59 Å². The fourth-order valence-corrected chi connectivity index (χ4v) is 4.03. The molecule has 33 heavy (non-hydrogen) atoms. The number of anilines is 1. The van der Waals surface area contributed by atoms with Crippen molar-refractivity contribution in [3.05, 3.63) is 64.3 Å². The Morgan fingerprint density at radius 1 is 1.24 bits per heavy atom. The molecule has 1 aromatic carbocycles. The van der Waals surface area contributed by atoms with Crippen molar-refractivity contribution < 1.29 is 9.53 Å². The standard InChI is InChI=1S/C24H28N6O3/c1-16-8-9-21(31)30(27-16)15-22(32)29-11-10-18(14-29)23-20(13-25-24(26-23)28(2)3)17-6-5-7-19(12-17)33-4/h5-9,12-13,18H,10-11,14-15H2,1-4H3. The van der Waals surface area contributed by atoms with Crippen LogP contribution in [0.5, 0.6) is 5.75 Å². The number of likely N-dealkylation sites (tertiary alicyclic amines) is 1. The molecule has 9 nitrogen and oxygen atoms in total. The zero-order valence-corrected chi connectivity index (χ0v) is 19.4. The summed E-state index contributed by atoms with van der Waals surface area (Å²) in [5, 5.41) is 4.18. The number of aryl methyl sites for hydroxylation is 1. The average Bonchev–Trinajstić information content (AvgIpc) is 3.31. The van der Waals surface area contributed by atoms with Crippen LogP contribution in [0.1, 0.15) is 23.7 Å². The van der Waals surface area contributed by atoms with Crippen molar-refractivity contribution in [2.75, 3.05) is 39.2 Å². The summed E-state index contributed by atoms with van der Waals surface area (Å²) in [6.45, 7) is 2.86. The van der Waals surface area contributed by atoms with Gasteiger partial charge in [0.15, 0.2) is 0 Å². The van der Waals surface area contributed by atoms with E-state index < -0.39 is 0 Å². The number of methoxy groups -OCH3 is 1. The van der Waals surface area contributed by atoms with Crippen LogP contribution in [-0.4, -0.2) is 64.9 Å². The lowest BCUT2D eigenvalue weighted by molar-refractivity contribution is -0.131. The summed E-state index contributed by atoms with van der Waals surface area (Å²) < 4.78 is 6.61. The summed E-state index contributed by atoms with van der Waals surface area (Å²) in [5.74, 6) is 1.31. The van der Waals surface area contributed by atoms with Crippen molar-refractivity contribution in [3.63, 3.8) is 0 Å². The number of amides is 1. The summed E-state index contributed by atoms with van der Waals surface area (Å²) in [6.07, 6.45) is 2.62. The molecule has 9 heteroatoms. The van der Waals surface area contributed by atoms with Gasteiger partial charge in [0, 0.05) is 50.9 Å². The first-order valence-electron chi connectivity index (χ1n) is 10.9. The third-order valence-corrected chi connectivity index (χ3v) is 5.80. The summed E-state index contributed by atoms with van der Waals surface area (Å²) in [6, 6.07) is 10.9. The molecule has 0 saturated carbocycles. The molecule has 3 heterocycles. The maximum atomic E-state index is 12.9. The molecule has 1 aliphatic rings. The molecule has 0 aliphatic carbocycles. The Bertz CT molecular complexity index is 1220. The molecule has 1 atom stereocenters. The van der Waals surface area contributed by atoms with Crippen LogP contribution in [0.25, 0.3) is 11.1 Å². The Hall–Kier alpha value is -3.75. The Kier molecular flexibility index (Phi) is 6.39. The van der Waals surface area contributed by atoms with E-state index in [-0.39, 0.29) is 23.9 Å².